The Labute approximate surface area is 188 Å². The van der Waals surface area contributed by atoms with Crippen molar-refractivity contribution in [3.05, 3.63) is 48.3 Å². The van der Waals surface area contributed by atoms with Crippen molar-refractivity contribution < 1.29 is 19.1 Å². The van der Waals surface area contributed by atoms with Crippen molar-refractivity contribution in [3.8, 4) is 11.4 Å². The molecule has 2 heterocycles. The van der Waals surface area contributed by atoms with Gasteiger partial charge in [0.2, 0.25) is 0 Å². The Morgan fingerprint density at radius 3 is 2.22 bits per heavy atom. The molecular formula is C23H31N5O4. The maximum Gasteiger partial charge on any atom is 0.432 e. The van der Waals surface area contributed by atoms with E-state index < -0.39 is 17.6 Å². The Morgan fingerprint density at radius 1 is 1.03 bits per heavy atom. The second kappa shape index (κ2) is 10.6. The van der Waals surface area contributed by atoms with Crippen LogP contribution in [0, 0.1) is 0 Å². The van der Waals surface area contributed by atoms with Crippen LogP contribution in [0.4, 0.5) is 4.79 Å². The maximum atomic E-state index is 13.3. The first-order valence-electron chi connectivity index (χ1n) is 10.7. The number of benzene rings is 1. The molecule has 0 spiro atoms. The number of piperazine rings is 1. The molecule has 1 aliphatic rings. The fourth-order valence-corrected chi connectivity index (χ4v) is 3.31. The lowest BCUT2D eigenvalue weighted by Crippen LogP contribution is -2.58. The van der Waals surface area contributed by atoms with Gasteiger partial charge in [-0.3, -0.25) is 9.69 Å². The molecule has 0 bridgehead atoms. The first-order chi connectivity index (χ1) is 15.3. The molecule has 0 N–H and O–H groups in total. The molecule has 1 fully saturated rings. The number of amides is 2. The van der Waals surface area contributed by atoms with E-state index in [-0.39, 0.29) is 5.56 Å². The first-order valence-corrected chi connectivity index (χ1v) is 10.7. The topological polar surface area (TPSA) is 88.1 Å². The summed E-state index contributed by atoms with van der Waals surface area (Å²) in [7, 11) is 1.67. The number of hydrogen-bond donors (Lipinski definition) is 0. The average molecular weight is 442 g/mol. The molecule has 3 rings (SSSR count). The Morgan fingerprint density at radius 2 is 1.66 bits per heavy atom. The number of hydrazine groups is 1. The zero-order chi connectivity index (χ0) is 23.1. The molecule has 32 heavy (non-hydrogen) atoms. The van der Waals surface area contributed by atoms with E-state index in [0.717, 1.165) is 17.1 Å². The second-order valence-corrected chi connectivity index (χ2v) is 8.55. The molecule has 0 unspecified atom stereocenters. The van der Waals surface area contributed by atoms with E-state index in [1.54, 1.807) is 32.9 Å². The highest BCUT2D eigenvalue weighted by molar-refractivity contribution is 6.02. The van der Waals surface area contributed by atoms with Crippen molar-refractivity contribution in [3.63, 3.8) is 0 Å². The molecule has 1 aromatic heterocycles. The van der Waals surface area contributed by atoms with E-state index in [1.807, 2.05) is 30.3 Å². The van der Waals surface area contributed by atoms with Crippen molar-refractivity contribution in [1.82, 2.24) is 24.9 Å². The van der Waals surface area contributed by atoms with Crippen molar-refractivity contribution in [2.75, 3.05) is 46.4 Å². The normalized spacial score (nSPS) is 15.4. The number of carbonyl (C=O) groups excluding carboxylic acids is 2. The van der Waals surface area contributed by atoms with Gasteiger partial charge in [0.05, 0.1) is 12.2 Å². The van der Waals surface area contributed by atoms with Crippen molar-refractivity contribution in [2.24, 2.45) is 0 Å². The molecule has 9 heteroatoms. The number of carbonyl (C=O) groups is 2. The van der Waals surface area contributed by atoms with E-state index in [9.17, 15) is 9.59 Å². The fraction of sp³-hybridized carbons (Fsp3) is 0.478. The van der Waals surface area contributed by atoms with Crippen LogP contribution >= 0.6 is 0 Å². The third-order valence-corrected chi connectivity index (χ3v) is 4.93. The van der Waals surface area contributed by atoms with Crippen LogP contribution in [-0.2, 0) is 9.47 Å². The Hall–Kier alpha value is -2.88. The van der Waals surface area contributed by atoms with Crippen LogP contribution < -0.4 is 0 Å². The second-order valence-electron chi connectivity index (χ2n) is 8.55. The molecular weight excluding hydrogens is 410 g/mol. The SMILES string of the molecule is COCCN1CCN(N(C(=O)OC(C)(C)C)C(=O)c2cnc(-c3ccccc3)nc2)CC1. The van der Waals surface area contributed by atoms with Gasteiger partial charge in [0.25, 0.3) is 5.91 Å². The van der Waals surface area contributed by atoms with E-state index in [0.29, 0.717) is 38.6 Å². The van der Waals surface area contributed by atoms with Gasteiger partial charge in [-0.1, -0.05) is 30.3 Å². The quantitative estimate of drug-likeness (QED) is 0.676. The van der Waals surface area contributed by atoms with Gasteiger partial charge in [-0.2, -0.15) is 5.01 Å². The number of aromatic nitrogens is 2. The molecule has 0 atom stereocenters. The summed E-state index contributed by atoms with van der Waals surface area (Å²) >= 11 is 0. The summed E-state index contributed by atoms with van der Waals surface area (Å²) in [6.45, 7) is 9.20. The summed E-state index contributed by atoms with van der Waals surface area (Å²) in [5, 5.41) is 2.81. The summed E-state index contributed by atoms with van der Waals surface area (Å²) in [5.41, 5.74) is 0.337. The Kier molecular flexibility index (Phi) is 7.89. The van der Waals surface area contributed by atoms with Gasteiger partial charge in [-0.15, -0.1) is 0 Å². The van der Waals surface area contributed by atoms with Crippen LogP contribution in [0.5, 0.6) is 0 Å². The van der Waals surface area contributed by atoms with Gasteiger partial charge in [0.1, 0.15) is 5.60 Å². The fourth-order valence-electron chi connectivity index (χ4n) is 3.31. The zero-order valence-electron chi connectivity index (χ0n) is 19.2. The average Bonchev–Trinajstić information content (AvgIpc) is 2.78. The highest BCUT2D eigenvalue weighted by Gasteiger charge is 2.35. The third-order valence-electron chi connectivity index (χ3n) is 4.93. The van der Waals surface area contributed by atoms with Gasteiger partial charge in [0.15, 0.2) is 5.82 Å². The number of nitrogens with zero attached hydrogens (tertiary/aromatic N) is 5. The standard InChI is InChI=1S/C23H31N5O4/c1-23(2,3)32-22(30)28(27-12-10-26(11-13-27)14-15-31-4)21(29)19-16-24-20(25-17-19)18-8-6-5-7-9-18/h5-9,16-17H,10-15H2,1-4H3. The lowest BCUT2D eigenvalue weighted by molar-refractivity contribution is -0.0542. The molecule has 172 valence electrons. The number of methoxy groups -OCH3 is 1. The minimum atomic E-state index is -0.733. The maximum absolute atomic E-state index is 13.3. The summed E-state index contributed by atoms with van der Waals surface area (Å²) in [6.07, 6.45) is 2.19. The lowest BCUT2D eigenvalue weighted by Gasteiger charge is -2.39. The third kappa shape index (κ3) is 6.32. The van der Waals surface area contributed by atoms with Crippen LogP contribution in [0.1, 0.15) is 31.1 Å². The molecule has 0 aliphatic carbocycles. The van der Waals surface area contributed by atoms with E-state index in [1.165, 1.54) is 12.4 Å². The summed E-state index contributed by atoms with van der Waals surface area (Å²) in [6, 6.07) is 9.50. The zero-order valence-corrected chi connectivity index (χ0v) is 19.2. The monoisotopic (exact) mass is 441 g/mol. The largest absolute Gasteiger partial charge is 0.442 e. The molecule has 0 saturated carbocycles. The first kappa shape index (κ1) is 23.8. The Balaban J connectivity index is 1.78. The molecule has 9 nitrogen and oxygen atoms in total. The van der Waals surface area contributed by atoms with Gasteiger partial charge in [0, 0.05) is 57.8 Å². The van der Waals surface area contributed by atoms with Crippen LogP contribution in [-0.4, -0.2) is 88.9 Å². The predicted octanol–water partition coefficient (Wildman–Crippen LogP) is 2.70. The van der Waals surface area contributed by atoms with Crippen molar-refractivity contribution in [2.45, 2.75) is 26.4 Å². The smallest absolute Gasteiger partial charge is 0.432 e. The summed E-state index contributed by atoms with van der Waals surface area (Å²) in [4.78, 5) is 37.2. The number of hydrogen-bond acceptors (Lipinski definition) is 8. The van der Waals surface area contributed by atoms with Crippen LogP contribution in [0.2, 0.25) is 0 Å². The Bertz CT molecular complexity index is 891. The molecule has 1 saturated heterocycles. The van der Waals surface area contributed by atoms with Crippen molar-refractivity contribution >= 4 is 12.0 Å². The lowest BCUT2D eigenvalue weighted by atomic mass is 10.2. The minimum absolute atomic E-state index is 0.220. The molecule has 2 amide bonds. The minimum Gasteiger partial charge on any atom is -0.442 e. The summed E-state index contributed by atoms with van der Waals surface area (Å²) in [5.74, 6) is 0.00179. The van der Waals surface area contributed by atoms with Gasteiger partial charge < -0.3 is 9.47 Å². The highest BCUT2D eigenvalue weighted by Crippen LogP contribution is 2.18. The van der Waals surface area contributed by atoms with Crippen LogP contribution in [0.25, 0.3) is 11.4 Å². The predicted molar refractivity (Wildman–Crippen MR) is 120 cm³/mol. The van der Waals surface area contributed by atoms with Crippen molar-refractivity contribution in [1.29, 1.82) is 0 Å². The van der Waals surface area contributed by atoms with E-state index in [2.05, 4.69) is 14.9 Å². The van der Waals surface area contributed by atoms with Gasteiger partial charge in [-0.25, -0.2) is 19.8 Å². The van der Waals surface area contributed by atoms with Gasteiger partial charge >= 0.3 is 6.09 Å². The highest BCUT2D eigenvalue weighted by atomic mass is 16.6. The molecule has 0 radical (unpaired) electrons. The molecule has 2 aromatic rings. The number of ether oxygens (including phenoxy) is 2. The summed E-state index contributed by atoms with van der Waals surface area (Å²) < 4.78 is 10.7. The molecule has 1 aromatic carbocycles. The van der Waals surface area contributed by atoms with Gasteiger partial charge in [-0.05, 0) is 20.8 Å². The van der Waals surface area contributed by atoms with Crippen LogP contribution in [0.3, 0.4) is 0 Å². The van der Waals surface area contributed by atoms with E-state index >= 15 is 0 Å². The number of rotatable bonds is 6. The molecule has 1 aliphatic heterocycles. The van der Waals surface area contributed by atoms with Crippen LogP contribution in [0.15, 0.2) is 42.7 Å². The van der Waals surface area contributed by atoms with E-state index in [4.69, 9.17) is 9.47 Å². The number of imide groups is 1.